The predicted molar refractivity (Wildman–Crippen MR) is 116 cm³/mol. The number of likely N-dealkylation sites (N-methyl/N-ethyl adjacent to an activating group) is 1. The first-order valence-corrected chi connectivity index (χ1v) is 10.5. The second kappa shape index (κ2) is 8.49. The van der Waals surface area contributed by atoms with Crippen LogP contribution >= 0.6 is 0 Å². The molecule has 0 saturated carbocycles. The van der Waals surface area contributed by atoms with Gasteiger partial charge < -0.3 is 24.0 Å². The molecule has 2 aliphatic heterocycles. The highest BCUT2D eigenvalue weighted by Crippen LogP contribution is 2.46. The highest BCUT2D eigenvalue weighted by molar-refractivity contribution is 6.02. The first-order chi connectivity index (χ1) is 15.0. The fourth-order valence-corrected chi connectivity index (χ4v) is 4.67. The number of hydrogen-bond donors (Lipinski definition) is 0. The van der Waals surface area contributed by atoms with E-state index in [1.165, 1.54) is 7.11 Å². The largest absolute Gasteiger partial charge is 0.497 e. The van der Waals surface area contributed by atoms with Crippen LogP contribution in [0, 0.1) is 0 Å². The third kappa shape index (κ3) is 3.58. The molecule has 2 atom stereocenters. The molecule has 7 nitrogen and oxygen atoms in total. The van der Waals surface area contributed by atoms with Crippen molar-refractivity contribution in [2.24, 2.45) is 0 Å². The van der Waals surface area contributed by atoms with Crippen LogP contribution in [0.2, 0.25) is 0 Å². The van der Waals surface area contributed by atoms with Crippen LogP contribution in [0.1, 0.15) is 46.3 Å². The van der Waals surface area contributed by atoms with E-state index in [-0.39, 0.29) is 11.8 Å². The van der Waals surface area contributed by atoms with Crippen molar-refractivity contribution in [1.82, 2.24) is 9.80 Å². The van der Waals surface area contributed by atoms with Crippen LogP contribution in [0.25, 0.3) is 0 Å². The van der Waals surface area contributed by atoms with Gasteiger partial charge in [0.25, 0.3) is 5.91 Å². The summed E-state index contributed by atoms with van der Waals surface area (Å²) in [5.41, 5.74) is 2.04. The average Bonchev–Trinajstić information content (AvgIpc) is 3.35. The first kappa shape index (κ1) is 21.0. The Bertz CT molecular complexity index is 982. The molecule has 2 heterocycles. The second-order valence-corrected chi connectivity index (χ2v) is 7.94. The maximum atomic E-state index is 13.8. The molecule has 4 rings (SSSR count). The molecule has 0 bridgehead atoms. The van der Waals surface area contributed by atoms with Crippen LogP contribution in [-0.4, -0.2) is 63.1 Å². The number of ether oxygens (including phenoxy) is 3. The van der Waals surface area contributed by atoms with Gasteiger partial charge in [0, 0.05) is 25.7 Å². The molecule has 0 aromatic heterocycles. The first-order valence-electron chi connectivity index (χ1n) is 10.5. The zero-order valence-electron chi connectivity index (χ0n) is 18.4. The van der Waals surface area contributed by atoms with E-state index < -0.39 is 12.0 Å². The highest BCUT2D eigenvalue weighted by atomic mass is 16.5. The van der Waals surface area contributed by atoms with Crippen molar-refractivity contribution in [3.8, 4) is 17.2 Å². The summed E-state index contributed by atoms with van der Waals surface area (Å²) < 4.78 is 16.2. The molecule has 1 saturated heterocycles. The zero-order chi connectivity index (χ0) is 22.1. The molecule has 2 aromatic rings. The van der Waals surface area contributed by atoms with Gasteiger partial charge in [-0.2, -0.15) is 0 Å². The van der Waals surface area contributed by atoms with E-state index in [2.05, 4.69) is 0 Å². The summed E-state index contributed by atoms with van der Waals surface area (Å²) in [6.45, 7) is 1.48. The molecule has 31 heavy (non-hydrogen) atoms. The van der Waals surface area contributed by atoms with Gasteiger partial charge in [0.15, 0.2) is 11.5 Å². The molecular formula is C24H28N2O5. The SMILES string of the molecule is COc1ccc([C@@H]2[C@@H](C(=O)N3CCCC3)c3cc(OC)c(OC)cc3C(=O)N2C)cc1. The lowest BCUT2D eigenvalue weighted by Gasteiger charge is -2.41. The molecule has 2 aromatic carbocycles. The Labute approximate surface area is 182 Å². The minimum atomic E-state index is -0.538. The van der Waals surface area contributed by atoms with Crippen molar-refractivity contribution in [2.45, 2.75) is 24.8 Å². The lowest BCUT2D eigenvalue weighted by Crippen LogP contribution is -2.46. The van der Waals surface area contributed by atoms with Crippen LogP contribution < -0.4 is 14.2 Å². The molecule has 1 fully saturated rings. The standard InChI is InChI=1S/C24H28N2O5/c1-25-22(15-7-9-16(29-2)10-8-15)21(24(28)26-11-5-6-12-26)17-13-19(30-3)20(31-4)14-18(17)23(25)27/h7-10,13-14,21-22H,5-6,11-12H2,1-4H3/t21-,22+/m0/s1. The van der Waals surface area contributed by atoms with Gasteiger partial charge in [0.1, 0.15) is 5.75 Å². The number of carbonyl (C=O) groups is 2. The summed E-state index contributed by atoms with van der Waals surface area (Å²) in [4.78, 5) is 30.7. The molecule has 0 N–H and O–H groups in total. The smallest absolute Gasteiger partial charge is 0.254 e. The molecular weight excluding hydrogens is 396 g/mol. The van der Waals surface area contributed by atoms with E-state index in [9.17, 15) is 9.59 Å². The van der Waals surface area contributed by atoms with Crippen molar-refractivity contribution < 1.29 is 23.8 Å². The Balaban J connectivity index is 1.89. The lowest BCUT2D eigenvalue weighted by atomic mass is 9.79. The fourth-order valence-electron chi connectivity index (χ4n) is 4.67. The topological polar surface area (TPSA) is 68.3 Å². The van der Waals surface area contributed by atoms with Gasteiger partial charge in [0.05, 0.1) is 33.3 Å². The molecule has 164 valence electrons. The maximum Gasteiger partial charge on any atom is 0.254 e. The Morgan fingerprint density at radius 3 is 2.13 bits per heavy atom. The molecule has 0 radical (unpaired) electrons. The maximum absolute atomic E-state index is 13.8. The van der Waals surface area contributed by atoms with Crippen molar-refractivity contribution in [3.63, 3.8) is 0 Å². The zero-order valence-corrected chi connectivity index (χ0v) is 18.4. The van der Waals surface area contributed by atoms with Crippen molar-refractivity contribution in [3.05, 3.63) is 53.1 Å². The van der Waals surface area contributed by atoms with Gasteiger partial charge in [-0.1, -0.05) is 12.1 Å². The summed E-state index contributed by atoms with van der Waals surface area (Å²) in [6.07, 6.45) is 2.00. The molecule has 2 aliphatic rings. The molecule has 0 unspecified atom stereocenters. The summed E-state index contributed by atoms with van der Waals surface area (Å²) in [7, 11) is 6.45. The number of nitrogens with zero attached hydrogens (tertiary/aromatic N) is 2. The third-order valence-corrected chi connectivity index (χ3v) is 6.32. The number of fused-ring (bicyclic) bond motifs is 1. The van der Waals surface area contributed by atoms with Crippen LogP contribution in [0.4, 0.5) is 0 Å². The molecule has 2 amide bonds. The van der Waals surface area contributed by atoms with E-state index in [0.29, 0.717) is 22.6 Å². The van der Waals surface area contributed by atoms with Gasteiger partial charge in [-0.15, -0.1) is 0 Å². The Morgan fingerprint density at radius 1 is 0.935 bits per heavy atom. The summed E-state index contributed by atoms with van der Waals surface area (Å²) in [6, 6.07) is 10.6. The molecule has 0 aliphatic carbocycles. The number of hydrogen-bond acceptors (Lipinski definition) is 5. The quantitative estimate of drug-likeness (QED) is 0.737. The summed E-state index contributed by atoms with van der Waals surface area (Å²) in [5, 5.41) is 0. The van der Waals surface area contributed by atoms with Gasteiger partial charge in [-0.05, 0) is 48.2 Å². The van der Waals surface area contributed by atoms with Gasteiger partial charge >= 0.3 is 0 Å². The van der Waals surface area contributed by atoms with Gasteiger partial charge in [-0.3, -0.25) is 9.59 Å². The normalized spacial score (nSPS) is 20.5. The predicted octanol–water partition coefficient (Wildman–Crippen LogP) is 3.25. The Kier molecular flexibility index (Phi) is 5.76. The minimum absolute atomic E-state index is 0.0335. The van der Waals surface area contributed by atoms with Gasteiger partial charge in [0.2, 0.25) is 5.91 Å². The van der Waals surface area contributed by atoms with Crippen LogP contribution in [0.5, 0.6) is 17.2 Å². The van der Waals surface area contributed by atoms with Crippen LogP contribution in [-0.2, 0) is 4.79 Å². The number of rotatable bonds is 5. The number of benzene rings is 2. The monoisotopic (exact) mass is 424 g/mol. The lowest BCUT2D eigenvalue weighted by molar-refractivity contribution is -0.133. The molecule has 7 heteroatoms. The summed E-state index contributed by atoms with van der Waals surface area (Å²) >= 11 is 0. The van der Waals surface area contributed by atoms with E-state index in [1.807, 2.05) is 29.2 Å². The van der Waals surface area contributed by atoms with Crippen molar-refractivity contribution in [1.29, 1.82) is 0 Å². The Morgan fingerprint density at radius 2 is 1.55 bits per heavy atom. The third-order valence-electron chi connectivity index (χ3n) is 6.32. The number of likely N-dealkylation sites (tertiary alicyclic amines) is 1. The van der Waals surface area contributed by atoms with E-state index in [1.54, 1.807) is 38.3 Å². The second-order valence-electron chi connectivity index (χ2n) is 7.94. The van der Waals surface area contributed by atoms with Crippen molar-refractivity contribution >= 4 is 11.8 Å². The van der Waals surface area contributed by atoms with Crippen LogP contribution in [0.15, 0.2) is 36.4 Å². The average molecular weight is 424 g/mol. The van der Waals surface area contributed by atoms with E-state index >= 15 is 0 Å². The van der Waals surface area contributed by atoms with E-state index in [0.717, 1.165) is 37.2 Å². The van der Waals surface area contributed by atoms with Gasteiger partial charge in [-0.25, -0.2) is 0 Å². The molecule has 0 spiro atoms. The van der Waals surface area contributed by atoms with Crippen molar-refractivity contribution in [2.75, 3.05) is 41.5 Å². The minimum Gasteiger partial charge on any atom is -0.497 e. The Hall–Kier alpha value is -3.22. The number of methoxy groups -OCH3 is 3. The summed E-state index contributed by atoms with van der Waals surface area (Å²) in [5.74, 6) is 1.05. The number of carbonyl (C=O) groups excluding carboxylic acids is 2. The number of amides is 2. The van der Waals surface area contributed by atoms with Crippen LogP contribution in [0.3, 0.4) is 0 Å². The fraction of sp³-hybridized carbons (Fsp3) is 0.417. The highest BCUT2D eigenvalue weighted by Gasteiger charge is 2.45. The van der Waals surface area contributed by atoms with E-state index in [4.69, 9.17) is 14.2 Å².